The Labute approximate surface area is 89.3 Å². The van der Waals surface area contributed by atoms with E-state index in [9.17, 15) is 13.2 Å². The van der Waals surface area contributed by atoms with Crippen molar-refractivity contribution in [1.82, 2.24) is 4.98 Å². The fraction of sp³-hybridized carbons (Fsp3) is 0.667. The zero-order chi connectivity index (χ0) is 11.1. The molecule has 1 fully saturated rings. The summed E-state index contributed by atoms with van der Waals surface area (Å²) >= 11 is 1.07. The first-order valence-electron chi connectivity index (χ1n) is 4.74. The van der Waals surface area contributed by atoms with E-state index in [0.717, 1.165) is 24.2 Å². The lowest BCUT2D eigenvalue weighted by Crippen LogP contribution is -2.28. The van der Waals surface area contributed by atoms with E-state index >= 15 is 0 Å². The molecule has 1 saturated carbocycles. The molecule has 1 heterocycles. The molecule has 6 heteroatoms. The van der Waals surface area contributed by atoms with Gasteiger partial charge in [-0.1, -0.05) is 0 Å². The molecule has 15 heavy (non-hydrogen) atoms. The molecule has 2 nitrogen and oxygen atoms in total. The van der Waals surface area contributed by atoms with Gasteiger partial charge in [0.1, 0.15) is 5.92 Å². The second-order valence-electron chi connectivity index (χ2n) is 3.71. The van der Waals surface area contributed by atoms with Gasteiger partial charge in [-0.25, -0.2) is 4.98 Å². The largest absolute Gasteiger partial charge is 0.397 e. The maximum absolute atomic E-state index is 12.6. The summed E-state index contributed by atoms with van der Waals surface area (Å²) in [6.07, 6.45) is -2.36. The number of hydrogen-bond acceptors (Lipinski definition) is 3. The first kappa shape index (κ1) is 10.9. The number of nitrogens with zero attached hydrogens (tertiary/aromatic N) is 1. The van der Waals surface area contributed by atoms with E-state index in [1.807, 2.05) is 0 Å². The van der Waals surface area contributed by atoms with Crippen LogP contribution in [0.1, 0.15) is 35.2 Å². The van der Waals surface area contributed by atoms with Crippen LogP contribution in [-0.4, -0.2) is 17.7 Å². The molecular weight excluding hydrogens is 225 g/mol. The molecule has 2 N–H and O–H groups in total. The van der Waals surface area contributed by atoms with Crippen molar-refractivity contribution in [1.29, 1.82) is 0 Å². The molecule has 0 aromatic carbocycles. The third-order valence-corrected chi connectivity index (χ3v) is 3.49. The molecule has 1 aromatic rings. The second kappa shape index (κ2) is 3.75. The molecule has 0 bridgehead atoms. The van der Waals surface area contributed by atoms with E-state index in [2.05, 4.69) is 4.98 Å². The quantitative estimate of drug-likeness (QED) is 0.876. The maximum atomic E-state index is 12.6. The van der Waals surface area contributed by atoms with Gasteiger partial charge < -0.3 is 5.73 Å². The average Bonchev–Trinajstić information content (AvgIpc) is 2.86. The van der Waals surface area contributed by atoms with E-state index in [0.29, 0.717) is 10.6 Å². The third kappa shape index (κ3) is 2.15. The smallest absolute Gasteiger partial charge is 0.329 e. The predicted octanol–water partition coefficient (Wildman–Crippen LogP) is 2.63. The van der Waals surface area contributed by atoms with Crippen LogP contribution >= 0.6 is 11.3 Å². The number of hydrogen-bond donors (Lipinski definition) is 1. The van der Waals surface area contributed by atoms with Crippen LogP contribution < -0.4 is 5.73 Å². The maximum Gasteiger partial charge on any atom is 0.397 e. The van der Waals surface area contributed by atoms with Gasteiger partial charge in [0.05, 0.1) is 11.2 Å². The number of aromatic nitrogens is 1. The monoisotopic (exact) mass is 236 g/mol. The summed E-state index contributed by atoms with van der Waals surface area (Å²) in [7, 11) is 0. The van der Waals surface area contributed by atoms with Gasteiger partial charge in [0.15, 0.2) is 0 Å². The predicted molar refractivity (Wildman–Crippen MR) is 51.9 cm³/mol. The SMILES string of the molecule is NCC(c1scnc1C1CC1)C(F)(F)F. The minimum atomic E-state index is -4.26. The molecule has 1 unspecified atom stereocenters. The van der Waals surface area contributed by atoms with Crippen LogP contribution in [0.2, 0.25) is 0 Å². The van der Waals surface area contributed by atoms with Crippen molar-refractivity contribution in [3.05, 3.63) is 16.1 Å². The van der Waals surface area contributed by atoms with Crippen LogP contribution in [-0.2, 0) is 0 Å². The molecule has 1 aliphatic carbocycles. The molecule has 0 spiro atoms. The average molecular weight is 236 g/mol. The van der Waals surface area contributed by atoms with Crippen LogP contribution in [0, 0.1) is 0 Å². The zero-order valence-corrected chi connectivity index (χ0v) is 8.74. The van der Waals surface area contributed by atoms with Crippen molar-refractivity contribution in [2.24, 2.45) is 5.73 Å². The van der Waals surface area contributed by atoms with Crippen molar-refractivity contribution in [3.8, 4) is 0 Å². The lowest BCUT2D eigenvalue weighted by Gasteiger charge is -2.17. The molecule has 1 aromatic heterocycles. The van der Waals surface area contributed by atoms with Crippen molar-refractivity contribution in [2.45, 2.75) is 30.9 Å². The van der Waals surface area contributed by atoms with Crippen molar-refractivity contribution in [3.63, 3.8) is 0 Å². The van der Waals surface area contributed by atoms with Crippen LogP contribution in [0.3, 0.4) is 0 Å². The van der Waals surface area contributed by atoms with Gasteiger partial charge in [-0.05, 0) is 12.8 Å². The third-order valence-electron chi connectivity index (χ3n) is 2.54. The highest BCUT2D eigenvalue weighted by Crippen LogP contribution is 2.46. The summed E-state index contributed by atoms with van der Waals surface area (Å²) in [6, 6.07) is 0. The van der Waals surface area contributed by atoms with Crippen molar-refractivity contribution < 1.29 is 13.2 Å². The van der Waals surface area contributed by atoms with Crippen LogP contribution in [0.5, 0.6) is 0 Å². The molecule has 2 rings (SSSR count). The Morgan fingerprint density at radius 1 is 1.53 bits per heavy atom. The molecular formula is C9H11F3N2S. The van der Waals surface area contributed by atoms with Gasteiger partial charge >= 0.3 is 6.18 Å². The van der Waals surface area contributed by atoms with Gasteiger partial charge in [0.2, 0.25) is 0 Å². The van der Waals surface area contributed by atoms with Crippen LogP contribution in [0.25, 0.3) is 0 Å². The summed E-state index contributed by atoms with van der Waals surface area (Å²) < 4.78 is 37.9. The Hall–Kier alpha value is -0.620. The van der Waals surface area contributed by atoms with Crippen molar-refractivity contribution in [2.75, 3.05) is 6.54 Å². The van der Waals surface area contributed by atoms with Gasteiger partial charge in [-0.3, -0.25) is 0 Å². The van der Waals surface area contributed by atoms with E-state index in [4.69, 9.17) is 5.73 Å². The minimum Gasteiger partial charge on any atom is -0.329 e. The normalized spacial score (nSPS) is 19.2. The highest BCUT2D eigenvalue weighted by molar-refractivity contribution is 7.09. The fourth-order valence-corrected chi connectivity index (χ4v) is 2.59. The molecule has 1 aliphatic rings. The standard InChI is InChI=1S/C9H11F3N2S/c10-9(11,12)6(3-13)8-7(5-1-2-5)14-4-15-8/h4-6H,1-3,13H2. The zero-order valence-electron chi connectivity index (χ0n) is 7.92. The molecule has 0 saturated heterocycles. The van der Waals surface area contributed by atoms with Gasteiger partial charge in [-0.2, -0.15) is 13.2 Å². The van der Waals surface area contributed by atoms with Gasteiger partial charge in [0.25, 0.3) is 0 Å². The van der Waals surface area contributed by atoms with Gasteiger partial charge in [-0.15, -0.1) is 11.3 Å². The Kier molecular flexibility index (Phi) is 2.72. The Morgan fingerprint density at radius 2 is 2.20 bits per heavy atom. The minimum absolute atomic E-state index is 0.239. The molecule has 0 aliphatic heterocycles. The summed E-state index contributed by atoms with van der Waals surface area (Å²) in [5.41, 5.74) is 7.30. The summed E-state index contributed by atoms with van der Waals surface area (Å²) in [5, 5.41) is 0. The van der Waals surface area contributed by atoms with E-state index in [1.165, 1.54) is 5.51 Å². The van der Waals surface area contributed by atoms with E-state index in [1.54, 1.807) is 0 Å². The topological polar surface area (TPSA) is 38.9 Å². The van der Waals surface area contributed by atoms with E-state index < -0.39 is 18.6 Å². The summed E-state index contributed by atoms with van der Waals surface area (Å²) in [6.45, 7) is -0.397. The fourth-order valence-electron chi connectivity index (χ4n) is 1.58. The van der Waals surface area contributed by atoms with Crippen molar-refractivity contribution >= 4 is 11.3 Å². The number of thiazole rings is 1. The first-order chi connectivity index (χ1) is 7.04. The molecule has 0 radical (unpaired) electrons. The number of halogens is 3. The van der Waals surface area contributed by atoms with Crippen LogP contribution in [0.15, 0.2) is 5.51 Å². The number of nitrogens with two attached hydrogens (primary N) is 1. The molecule has 84 valence electrons. The highest BCUT2D eigenvalue weighted by Gasteiger charge is 2.43. The molecule has 1 atom stereocenters. The summed E-state index contributed by atoms with van der Waals surface area (Å²) in [5.74, 6) is -1.30. The molecule has 0 amide bonds. The second-order valence-corrected chi connectivity index (χ2v) is 4.59. The first-order valence-corrected chi connectivity index (χ1v) is 5.62. The van der Waals surface area contributed by atoms with Crippen LogP contribution in [0.4, 0.5) is 13.2 Å². The van der Waals surface area contributed by atoms with E-state index in [-0.39, 0.29) is 5.92 Å². The Bertz CT molecular complexity index is 343. The highest BCUT2D eigenvalue weighted by atomic mass is 32.1. The Morgan fingerprint density at radius 3 is 2.67 bits per heavy atom. The Balaban J connectivity index is 2.29. The number of rotatable bonds is 3. The summed E-state index contributed by atoms with van der Waals surface area (Å²) in [4.78, 5) is 4.34. The lowest BCUT2D eigenvalue weighted by molar-refractivity contribution is -0.147. The lowest BCUT2D eigenvalue weighted by atomic mass is 10.0. The van der Waals surface area contributed by atoms with Gasteiger partial charge in [0, 0.05) is 17.3 Å². The number of alkyl halides is 3.